The van der Waals surface area contributed by atoms with Gasteiger partial charge in [0, 0.05) is 23.8 Å². The Bertz CT molecular complexity index is 405. The van der Waals surface area contributed by atoms with Gasteiger partial charge in [0.05, 0.1) is 0 Å². The van der Waals surface area contributed by atoms with Crippen LogP contribution in [0.2, 0.25) is 5.02 Å². The van der Waals surface area contributed by atoms with E-state index in [0.29, 0.717) is 12.6 Å². The number of rotatable bonds is 4. The van der Waals surface area contributed by atoms with Crippen molar-refractivity contribution in [3.05, 3.63) is 29.3 Å². The Labute approximate surface area is 106 Å². The number of hydrogen-bond donors (Lipinski definition) is 1. The lowest BCUT2D eigenvalue weighted by Gasteiger charge is -2.24. The molecule has 2 rings (SSSR count). The average Bonchev–Trinajstić information content (AvgIpc) is 2.73. The van der Waals surface area contributed by atoms with E-state index in [1.807, 2.05) is 24.3 Å². The molecule has 0 fully saturated rings. The molecule has 0 bridgehead atoms. The zero-order valence-electron chi connectivity index (χ0n) is 9.77. The summed E-state index contributed by atoms with van der Waals surface area (Å²) in [4.78, 5) is 6.45. The van der Waals surface area contributed by atoms with E-state index in [1.54, 1.807) is 0 Å². The van der Waals surface area contributed by atoms with E-state index in [1.165, 1.54) is 0 Å². The summed E-state index contributed by atoms with van der Waals surface area (Å²) in [5.74, 6) is 0. The summed E-state index contributed by atoms with van der Waals surface area (Å²) in [5, 5.41) is 0.747. The molecule has 17 heavy (non-hydrogen) atoms. The van der Waals surface area contributed by atoms with Gasteiger partial charge in [0.25, 0.3) is 6.02 Å². The minimum Gasteiger partial charge on any atom is -0.463 e. The largest absolute Gasteiger partial charge is 0.463 e. The van der Waals surface area contributed by atoms with Crippen LogP contribution in [0.25, 0.3) is 0 Å². The lowest BCUT2D eigenvalue weighted by atomic mass is 10.2. The van der Waals surface area contributed by atoms with Crippen LogP contribution in [-0.2, 0) is 4.74 Å². The van der Waals surface area contributed by atoms with Gasteiger partial charge in [-0.05, 0) is 31.2 Å². The van der Waals surface area contributed by atoms with Gasteiger partial charge >= 0.3 is 0 Å². The van der Waals surface area contributed by atoms with Gasteiger partial charge in [-0.2, -0.15) is 0 Å². The molecule has 2 N–H and O–H groups in total. The van der Waals surface area contributed by atoms with Crippen LogP contribution >= 0.6 is 11.6 Å². The number of nitrogens with zero attached hydrogens (tertiary/aromatic N) is 2. The number of likely N-dealkylation sites (N-methyl/N-ethyl adjacent to an activating group) is 1. The number of benzene rings is 1. The minimum absolute atomic E-state index is 0.116. The molecule has 0 aromatic heterocycles. The summed E-state index contributed by atoms with van der Waals surface area (Å²) in [5.41, 5.74) is 6.63. The van der Waals surface area contributed by atoms with E-state index in [0.717, 1.165) is 23.8 Å². The average molecular weight is 254 g/mol. The topological polar surface area (TPSA) is 50.9 Å². The molecule has 0 saturated heterocycles. The molecule has 4 nitrogen and oxygen atoms in total. The van der Waals surface area contributed by atoms with E-state index in [4.69, 9.17) is 22.1 Å². The fourth-order valence-electron chi connectivity index (χ4n) is 1.85. The first-order valence-corrected chi connectivity index (χ1v) is 6.03. The van der Waals surface area contributed by atoms with E-state index < -0.39 is 0 Å². The zero-order chi connectivity index (χ0) is 12.3. The van der Waals surface area contributed by atoms with Crippen molar-refractivity contribution < 1.29 is 4.74 Å². The number of hydrogen-bond acceptors (Lipinski definition) is 4. The summed E-state index contributed by atoms with van der Waals surface area (Å²) >= 11 is 5.87. The fourth-order valence-corrected chi connectivity index (χ4v) is 1.98. The second-order valence-corrected chi connectivity index (χ2v) is 4.38. The Hall–Kier alpha value is -1.42. The smallest absolute Gasteiger partial charge is 0.282 e. The quantitative estimate of drug-likeness (QED) is 0.892. The highest BCUT2D eigenvalue weighted by molar-refractivity contribution is 6.30. The van der Waals surface area contributed by atoms with Crippen molar-refractivity contribution in [2.24, 2.45) is 10.7 Å². The molecule has 0 saturated carbocycles. The molecule has 92 valence electrons. The minimum atomic E-state index is 0.116. The van der Waals surface area contributed by atoms with Crippen molar-refractivity contribution in [3.63, 3.8) is 0 Å². The molecule has 5 heteroatoms. The van der Waals surface area contributed by atoms with Crippen molar-refractivity contribution in [2.75, 3.05) is 24.6 Å². The van der Waals surface area contributed by atoms with Gasteiger partial charge in [-0.25, -0.2) is 4.99 Å². The van der Waals surface area contributed by atoms with Gasteiger partial charge in [0.1, 0.15) is 12.6 Å². The molecule has 1 aliphatic heterocycles. The first kappa shape index (κ1) is 12.0. The molecule has 1 aliphatic rings. The summed E-state index contributed by atoms with van der Waals surface area (Å²) in [6, 6.07) is 8.21. The maximum atomic E-state index is 5.87. The van der Waals surface area contributed by atoms with E-state index in [2.05, 4.69) is 16.8 Å². The van der Waals surface area contributed by atoms with Gasteiger partial charge in [-0.3, -0.25) is 0 Å². The number of amidine groups is 1. The number of anilines is 1. The van der Waals surface area contributed by atoms with E-state index >= 15 is 0 Å². The van der Waals surface area contributed by atoms with Crippen molar-refractivity contribution in [2.45, 2.75) is 13.0 Å². The molecular formula is C12H16ClN3O. The normalized spacial score (nSPS) is 18.7. The van der Waals surface area contributed by atoms with Crippen molar-refractivity contribution in [1.29, 1.82) is 0 Å². The molecule has 0 unspecified atom stereocenters. The number of halogens is 1. The summed E-state index contributed by atoms with van der Waals surface area (Å²) in [6.45, 7) is 4.39. The van der Waals surface area contributed by atoms with Gasteiger partial charge in [-0.15, -0.1) is 0 Å². The number of aliphatic imine (C=N–C) groups is 1. The molecule has 1 aromatic carbocycles. The van der Waals surface area contributed by atoms with Crippen LogP contribution in [0, 0.1) is 0 Å². The standard InChI is InChI=1S/C12H16ClN3O/c1-2-16(7-10-8-17-12(14)15-10)11-5-3-9(13)4-6-11/h3-6,10H,2,7-8H2,1H3,(H2,14,15)/t10-/m1/s1. The number of ether oxygens (including phenoxy) is 1. The highest BCUT2D eigenvalue weighted by Gasteiger charge is 2.19. The van der Waals surface area contributed by atoms with Crippen molar-refractivity contribution in [1.82, 2.24) is 0 Å². The predicted octanol–water partition coefficient (Wildman–Crippen LogP) is 1.88. The lowest BCUT2D eigenvalue weighted by molar-refractivity contribution is 0.313. The molecule has 1 atom stereocenters. The lowest BCUT2D eigenvalue weighted by Crippen LogP contribution is -2.32. The third-order valence-corrected chi connectivity index (χ3v) is 2.99. The van der Waals surface area contributed by atoms with E-state index in [-0.39, 0.29) is 6.04 Å². The predicted molar refractivity (Wildman–Crippen MR) is 70.7 cm³/mol. The van der Waals surface area contributed by atoms with Gasteiger partial charge in [0.15, 0.2) is 0 Å². The Morgan fingerprint density at radius 1 is 1.47 bits per heavy atom. The van der Waals surface area contributed by atoms with Crippen molar-refractivity contribution in [3.8, 4) is 0 Å². The summed E-state index contributed by atoms with van der Waals surface area (Å²) < 4.78 is 5.15. The highest BCUT2D eigenvalue weighted by atomic mass is 35.5. The molecule has 1 aromatic rings. The van der Waals surface area contributed by atoms with Crippen LogP contribution in [0.5, 0.6) is 0 Å². The second kappa shape index (κ2) is 5.27. The maximum absolute atomic E-state index is 5.87. The Morgan fingerprint density at radius 2 is 2.18 bits per heavy atom. The molecule has 0 spiro atoms. The van der Waals surface area contributed by atoms with Gasteiger partial charge in [0.2, 0.25) is 0 Å². The zero-order valence-corrected chi connectivity index (χ0v) is 10.5. The van der Waals surface area contributed by atoms with Crippen LogP contribution in [0.1, 0.15) is 6.92 Å². The van der Waals surface area contributed by atoms with Crippen LogP contribution in [0.15, 0.2) is 29.3 Å². The monoisotopic (exact) mass is 253 g/mol. The molecular weight excluding hydrogens is 238 g/mol. The molecule has 0 radical (unpaired) electrons. The number of nitrogens with two attached hydrogens (primary N) is 1. The summed E-state index contributed by atoms with van der Waals surface area (Å²) in [7, 11) is 0. The molecule has 0 aliphatic carbocycles. The highest BCUT2D eigenvalue weighted by Crippen LogP contribution is 2.19. The maximum Gasteiger partial charge on any atom is 0.282 e. The molecule has 0 amide bonds. The fraction of sp³-hybridized carbons (Fsp3) is 0.417. The van der Waals surface area contributed by atoms with Crippen LogP contribution < -0.4 is 10.6 Å². The van der Waals surface area contributed by atoms with Crippen LogP contribution in [0.3, 0.4) is 0 Å². The van der Waals surface area contributed by atoms with Crippen LogP contribution in [0.4, 0.5) is 5.69 Å². The Kier molecular flexibility index (Phi) is 3.74. The first-order valence-electron chi connectivity index (χ1n) is 5.65. The van der Waals surface area contributed by atoms with Gasteiger partial charge in [-0.1, -0.05) is 11.6 Å². The third-order valence-electron chi connectivity index (χ3n) is 2.74. The summed E-state index contributed by atoms with van der Waals surface area (Å²) in [6.07, 6.45) is 0. The second-order valence-electron chi connectivity index (χ2n) is 3.95. The van der Waals surface area contributed by atoms with E-state index in [9.17, 15) is 0 Å². The van der Waals surface area contributed by atoms with Crippen molar-refractivity contribution >= 4 is 23.3 Å². The Balaban J connectivity index is 2.04. The molecule has 1 heterocycles. The SMILES string of the molecule is CCN(C[C@@H]1COC(N)=N1)c1ccc(Cl)cc1. The van der Waals surface area contributed by atoms with Gasteiger partial charge < -0.3 is 15.4 Å². The third kappa shape index (κ3) is 3.03. The first-order chi connectivity index (χ1) is 8.19. The Morgan fingerprint density at radius 3 is 2.71 bits per heavy atom. The van der Waals surface area contributed by atoms with Crippen LogP contribution in [-0.4, -0.2) is 31.8 Å².